The lowest BCUT2D eigenvalue weighted by Gasteiger charge is -2.52. The fraction of sp³-hybridized carbons (Fsp3) is 0.583. The predicted molar refractivity (Wildman–Crippen MR) is 128 cm³/mol. The highest BCUT2D eigenvalue weighted by Crippen LogP contribution is 2.56. The molecule has 2 aliphatic rings. The fourth-order valence-electron chi connectivity index (χ4n) is 4.64. The van der Waals surface area contributed by atoms with E-state index in [0.717, 1.165) is 24.8 Å². The number of allylic oxidation sites excluding steroid dienone is 3. The van der Waals surface area contributed by atoms with Gasteiger partial charge < -0.3 is 4.74 Å². The monoisotopic (exact) mass is 495 g/mol. The van der Waals surface area contributed by atoms with Crippen LogP contribution in [-0.4, -0.2) is 21.6 Å². The fourth-order valence-corrected chi connectivity index (χ4v) is 6.91. The molecule has 0 bridgehead atoms. The highest BCUT2D eigenvalue weighted by Gasteiger charge is 2.48. The first-order valence-electron chi connectivity index (χ1n) is 10.6. The number of methoxy groups -OCH3 is 1. The number of anilines is 1. The first-order valence-corrected chi connectivity index (χ1v) is 12.9. The molecule has 1 saturated carbocycles. The Hall–Kier alpha value is -1.11. The molecule has 1 fully saturated rings. The van der Waals surface area contributed by atoms with Crippen LogP contribution in [0.3, 0.4) is 0 Å². The number of hydrogen-bond donors (Lipinski definition) is 1. The van der Waals surface area contributed by atoms with Crippen molar-refractivity contribution < 1.29 is 13.2 Å². The van der Waals surface area contributed by atoms with Gasteiger partial charge in [0, 0.05) is 17.3 Å². The molecule has 3 atom stereocenters. The molecule has 0 saturated heterocycles. The summed E-state index contributed by atoms with van der Waals surface area (Å²) in [7, 11) is -2.00. The summed E-state index contributed by atoms with van der Waals surface area (Å²) in [6.07, 6.45) is 7.24. The number of benzene rings is 1. The summed E-state index contributed by atoms with van der Waals surface area (Å²) >= 11 is 3.56. The molecule has 30 heavy (non-hydrogen) atoms. The molecule has 1 N–H and O–H groups in total. The summed E-state index contributed by atoms with van der Waals surface area (Å²) in [5.41, 5.74) is 1.88. The van der Waals surface area contributed by atoms with Crippen LogP contribution >= 0.6 is 15.9 Å². The number of rotatable bonds is 6. The number of fused-ring (bicyclic) bond motifs is 1. The van der Waals surface area contributed by atoms with Crippen molar-refractivity contribution in [3.05, 3.63) is 51.4 Å². The van der Waals surface area contributed by atoms with Gasteiger partial charge >= 0.3 is 0 Å². The van der Waals surface area contributed by atoms with Crippen molar-refractivity contribution in [2.75, 3.05) is 11.8 Å². The van der Waals surface area contributed by atoms with E-state index < -0.39 is 10.0 Å². The minimum atomic E-state index is -3.69. The van der Waals surface area contributed by atoms with E-state index in [0.29, 0.717) is 21.0 Å². The molecule has 6 heteroatoms. The minimum absolute atomic E-state index is 0.0604. The summed E-state index contributed by atoms with van der Waals surface area (Å²) < 4.78 is 35.2. The van der Waals surface area contributed by atoms with Gasteiger partial charge in [-0.1, -0.05) is 52.0 Å². The molecule has 166 valence electrons. The van der Waals surface area contributed by atoms with E-state index >= 15 is 0 Å². The van der Waals surface area contributed by atoms with E-state index in [-0.39, 0.29) is 22.9 Å². The minimum Gasteiger partial charge on any atom is -0.381 e. The normalized spacial score (nSPS) is 26.2. The van der Waals surface area contributed by atoms with Crippen LogP contribution in [0.25, 0.3) is 0 Å². The molecule has 1 aromatic rings. The van der Waals surface area contributed by atoms with Gasteiger partial charge in [0.1, 0.15) is 0 Å². The topological polar surface area (TPSA) is 55.4 Å². The third-order valence-corrected chi connectivity index (χ3v) is 9.31. The van der Waals surface area contributed by atoms with Gasteiger partial charge in [-0.2, -0.15) is 0 Å². The van der Waals surface area contributed by atoms with Crippen LogP contribution in [-0.2, 0) is 21.2 Å². The molecule has 4 nitrogen and oxygen atoms in total. The lowest BCUT2D eigenvalue weighted by Crippen LogP contribution is -2.44. The zero-order valence-electron chi connectivity index (χ0n) is 18.8. The van der Waals surface area contributed by atoms with Gasteiger partial charge in [-0.25, -0.2) is 8.42 Å². The van der Waals surface area contributed by atoms with E-state index in [9.17, 15) is 8.42 Å². The number of hydrogen-bond acceptors (Lipinski definition) is 3. The van der Waals surface area contributed by atoms with Crippen molar-refractivity contribution >= 4 is 31.6 Å². The molecule has 0 heterocycles. The van der Waals surface area contributed by atoms with Crippen molar-refractivity contribution in [3.8, 4) is 0 Å². The Morgan fingerprint density at radius 2 is 1.60 bits per heavy atom. The quantitative estimate of drug-likeness (QED) is 0.506. The van der Waals surface area contributed by atoms with E-state index in [2.05, 4.69) is 54.4 Å². The van der Waals surface area contributed by atoms with Gasteiger partial charge in [-0.15, -0.1) is 0 Å². The van der Waals surface area contributed by atoms with Crippen molar-refractivity contribution in [2.45, 2.75) is 60.0 Å². The van der Waals surface area contributed by atoms with Crippen LogP contribution in [0.4, 0.5) is 5.69 Å². The van der Waals surface area contributed by atoms with Gasteiger partial charge in [0.2, 0.25) is 0 Å². The van der Waals surface area contributed by atoms with Crippen molar-refractivity contribution in [3.63, 3.8) is 0 Å². The Morgan fingerprint density at radius 1 is 1.07 bits per heavy atom. The van der Waals surface area contributed by atoms with Gasteiger partial charge in [0.05, 0.1) is 11.0 Å². The van der Waals surface area contributed by atoms with Crippen LogP contribution in [0.5, 0.6) is 0 Å². The largest absolute Gasteiger partial charge is 0.381 e. The van der Waals surface area contributed by atoms with Crippen LogP contribution in [0.15, 0.2) is 45.8 Å². The smallest absolute Gasteiger partial charge is 0.262 e. The molecule has 3 rings (SSSR count). The summed E-state index contributed by atoms with van der Waals surface area (Å²) in [4.78, 5) is 0.339. The first kappa shape index (κ1) is 23.6. The lowest BCUT2D eigenvalue weighted by molar-refractivity contribution is 0.0329. The molecule has 0 amide bonds. The second-order valence-electron chi connectivity index (χ2n) is 10.1. The van der Waals surface area contributed by atoms with Crippen molar-refractivity contribution in [2.24, 2.45) is 22.7 Å². The summed E-state index contributed by atoms with van der Waals surface area (Å²) in [6.45, 7) is 11.1. The van der Waals surface area contributed by atoms with Crippen LogP contribution in [0.1, 0.15) is 53.0 Å². The van der Waals surface area contributed by atoms with Gasteiger partial charge in [-0.3, -0.25) is 4.72 Å². The molecule has 1 aromatic carbocycles. The van der Waals surface area contributed by atoms with Crippen molar-refractivity contribution in [1.29, 1.82) is 0 Å². The molecule has 0 radical (unpaired) electrons. The van der Waals surface area contributed by atoms with E-state index in [1.165, 1.54) is 0 Å². The average Bonchev–Trinajstić information content (AvgIpc) is 2.66. The Balaban J connectivity index is 1.85. The zero-order valence-corrected chi connectivity index (χ0v) is 21.2. The maximum atomic E-state index is 13.3. The maximum absolute atomic E-state index is 13.3. The molecular weight excluding hydrogens is 462 g/mol. The summed E-state index contributed by atoms with van der Waals surface area (Å²) in [5, 5.41) is 0. The number of ether oxygens (including phenoxy) is 1. The zero-order chi connectivity index (χ0) is 22.3. The maximum Gasteiger partial charge on any atom is 0.262 e. The van der Waals surface area contributed by atoms with Crippen LogP contribution < -0.4 is 4.72 Å². The second kappa shape index (κ2) is 8.44. The number of halogens is 1. The Kier molecular flexibility index (Phi) is 6.62. The summed E-state index contributed by atoms with van der Waals surface area (Å²) in [6, 6.07) is 7.51. The molecular formula is C24H34BrNO3S. The van der Waals surface area contributed by atoms with E-state index in [1.54, 1.807) is 7.11 Å². The molecule has 0 aromatic heterocycles. The Morgan fingerprint density at radius 3 is 2.13 bits per heavy atom. The SMILES string of the molecule is COC(C)Cc1ccc(NS(=O)(=O)C2=CC3C(C=C2Br)C(C)(C)CCC3(C)C)cc1. The van der Waals surface area contributed by atoms with Crippen molar-refractivity contribution in [1.82, 2.24) is 0 Å². The third kappa shape index (κ3) is 4.86. The first-order chi connectivity index (χ1) is 13.9. The van der Waals surface area contributed by atoms with E-state index in [1.807, 2.05) is 37.3 Å². The highest BCUT2D eigenvalue weighted by atomic mass is 79.9. The molecule has 0 spiro atoms. The molecule has 3 unspecified atom stereocenters. The molecule has 2 aliphatic carbocycles. The third-order valence-electron chi connectivity index (χ3n) is 6.92. The Labute approximate surface area is 190 Å². The average molecular weight is 497 g/mol. The van der Waals surface area contributed by atoms with E-state index in [4.69, 9.17) is 4.74 Å². The Bertz CT molecular complexity index is 945. The van der Waals surface area contributed by atoms with Crippen LogP contribution in [0, 0.1) is 22.7 Å². The highest BCUT2D eigenvalue weighted by molar-refractivity contribution is 9.12. The molecule has 0 aliphatic heterocycles. The lowest BCUT2D eigenvalue weighted by atomic mass is 9.54. The predicted octanol–water partition coefficient (Wildman–Crippen LogP) is 6.26. The second-order valence-corrected chi connectivity index (χ2v) is 12.6. The number of sulfonamides is 1. The van der Waals surface area contributed by atoms with Gasteiger partial charge in [0.15, 0.2) is 0 Å². The van der Waals surface area contributed by atoms with Gasteiger partial charge in [-0.05, 0) is 82.5 Å². The van der Waals surface area contributed by atoms with Crippen LogP contribution in [0.2, 0.25) is 0 Å². The number of nitrogens with one attached hydrogen (secondary N) is 1. The van der Waals surface area contributed by atoms with Gasteiger partial charge in [0.25, 0.3) is 10.0 Å². The summed E-state index contributed by atoms with van der Waals surface area (Å²) in [5.74, 6) is 0.503. The standard InChI is InChI=1S/C24H34BrNO3S/c1-16(29-6)13-17-7-9-18(10-8-17)26-30(27,28)22-15-20-19(14-21(22)25)23(2,3)11-12-24(20,4)5/h7-10,14-16,19-20,26H,11-13H2,1-6H3.